The molecule has 1 rings (SSSR count). The van der Waals surface area contributed by atoms with Crippen LogP contribution in [0.2, 0.25) is 0 Å². The van der Waals surface area contributed by atoms with E-state index >= 15 is 0 Å². The highest BCUT2D eigenvalue weighted by Gasteiger charge is 2.09. The highest BCUT2D eigenvalue weighted by atomic mass is 32.2. The van der Waals surface area contributed by atoms with Crippen LogP contribution in [0.15, 0.2) is 5.38 Å². The first-order valence-corrected chi connectivity index (χ1v) is 8.19. The van der Waals surface area contributed by atoms with Gasteiger partial charge in [0.25, 0.3) is 0 Å². The molecule has 0 aliphatic heterocycles. The molecule has 102 valence electrons. The van der Waals surface area contributed by atoms with Crippen molar-refractivity contribution in [2.75, 3.05) is 24.4 Å². The molecule has 2 unspecified atom stereocenters. The maximum atomic E-state index is 11.1. The molecule has 1 heterocycles. The molecule has 7 heteroatoms. The summed E-state index contributed by atoms with van der Waals surface area (Å²) >= 11 is 1.49. The minimum Gasteiger partial charge on any atom is -0.469 e. The molecule has 0 spiro atoms. The van der Waals surface area contributed by atoms with Crippen molar-refractivity contribution in [3.05, 3.63) is 11.1 Å². The third-order valence-corrected chi connectivity index (χ3v) is 4.01. The van der Waals surface area contributed by atoms with E-state index in [-0.39, 0.29) is 12.0 Å². The van der Waals surface area contributed by atoms with Crippen LogP contribution in [0.4, 0.5) is 5.13 Å². The fraction of sp³-hybridized carbons (Fsp3) is 0.636. The topological polar surface area (TPSA) is 68.3 Å². The average molecular weight is 290 g/mol. The van der Waals surface area contributed by atoms with E-state index in [1.165, 1.54) is 18.4 Å². The number of methoxy groups -OCH3 is 1. The summed E-state index contributed by atoms with van der Waals surface area (Å²) in [5.74, 6) is 0.365. The Balaban J connectivity index is 2.43. The molecule has 1 N–H and O–H groups in total. The number of hydrogen-bond acceptors (Lipinski definition) is 6. The Morgan fingerprint density at radius 3 is 3.00 bits per heavy atom. The molecule has 0 saturated heterocycles. The van der Waals surface area contributed by atoms with Gasteiger partial charge in [0.1, 0.15) is 0 Å². The molecule has 0 radical (unpaired) electrons. The number of aryl methyl sites for hydroxylation is 1. The molecule has 0 fully saturated rings. The van der Waals surface area contributed by atoms with Gasteiger partial charge in [0.2, 0.25) is 0 Å². The van der Waals surface area contributed by atoms with Gasteiger partial charge in [-0.2, -0.15) is 0 Å². The van der Waals surface area contributed by atoms with Crippen molar-refractivity contribution in [1.29, 1.82) is 0 Å². The first-order valence-electron chi connectivity index (χ1n) is 5.59. The number of hydrogen-bond donors (Lipinski definition) is 1. The molecule has 5 nitrogen and oxygen atoms in total. The van der Waals surface area contributed by atoms with Gasteiger partial charge >= 0.3 is 5.97 Å². The highest BCUT2D eigenvalue weighted by molar-refractivity contribution is 7.84. The SMILES string of the molecule is COC(=O)CCc1csc(NC(C)CS(C)=O)n1. The zero-order valence-corrected chi connectivity index (χ0v) is 12.4. The second-order valence-electron chi connectivity index (χ2n) is 4.01. The summed E-state index contributed by atoms with van der Waals surface area (Å²) in [6.07, 6.45) is 2.61. The van der Waals surface area contributed by atoms with E-state index in [0.29, 0.717) is 18.6 Å². The second kappa shape index (κ2) is 7.48. The second-order valence-corrected chi connectivity index (χ2v) is 6.34. The quantitative estimate of drug-likeness (QED) is 0.769. The first kappa shape index (κ1) is 15.1. The fourth-order valence-electron chi connectivity index (χ4n) is 1.42. The number of nitrogens with one attached hydrogen (secondary N) is 1. The van der Waals surface area contributed by atoms with Crippen molar-refractivity contribution in [3.8, 4) is 0 Å². The van der Waals surface area contributed by atoms with Crippen LogP contribution >= 0.6 is 11.3 Å². The molecule has 0 aromatic carbocycles. The number of esters is 1. The summed E-state index contributed by atoms with van der Waals surface area (Å²) in [7, 11) is 0.558. The van der Waals surface area contributed by atoms with E-state index in [9.17, 15) is 9.00 Å². The Morgan fingerprint density at radius 1 is 1.67 bits per heavy atom. The molecular weight excluding hydrogens is 272 g/mol. The lowest BCUT2D eigenvalue weighted by Crippen LogP contribution is -2.22. The van der Waals surface area contributed by atoms with Crippen LogP contribution in [0.25, 0.3) is 0 Å². The minimum absolute atomic E-state index is 0.121. The van der Waals surface area contributed by atoms with Crippen LogP contribution in [0.1, 0.15) is 19.0 Å². The zero-order valence-electron chi connectivity index (χ0n) is 10.8. The summed E-state index contributed by atoms with van der Waals surface area (Å²) < 4.78 is 15.6. The van der Waals surface area contributed by atoms with Crippen molar-refractivity contribution < 1.29 is 13.7 Å². The highest BCUT2D eigenvalue weighted by Crippen LogP contribution is 2.17. The van der Waals surface area contributed by atoms with Gasteiger partial charge in [-0.05, 0) is 6.92 Å². The lowest BCUT2D eigenvalue weighted by atomic mass is 10.2. The maximum absolute atomic E-state index is 11.1. The summed E-state index contributed by atoms with van der Waals surface area (Å²) in [4.78, 5) is 15.4. The Morgan fingerprint density at radius 2 is 2.39 bits per heavy atom. The van der Waals surface area contributed by atoms with Crippen molar-refractivity contribution in [2.24, 2.45) is 0 Å². The fourth-order valence-corrected chi connectivity index (χ4v) is 3.07. The molecule has 0 amide bonds. The van der Waals surface area contributed by atoms with Crippen LogP contribution in [-0.4, -0.2) is 40.3 Å². The van der Waals surface area contributed by atoms with Gasteiger partial charge in [-0.15, -0.1) is 11.3 Å². The first-order chi connectivity index (χ1) is 8.51. The third kappa shape index (κ3) is 5.59. The minimum atomic E-state index is -0.820. The normalized spacial score (nSPS) is 13.9. The van der Waals surface area contributed by atoms with E-state index < -0.39 is 10.8 Å². The number of anilines is 1. The monoisotopic (exact) mass is 290 g/mol. The maximum Gasteiger partial charge on any atom is 0.305 e. The van der Waals surface area contributed by atoms with Gasteiger partial charge in [-0.3, -0.25) is 9.00 Å². The van der Waals surface area contributed by atoms with Crippen LogP contribution in [0, 0.1) is 0 Å². The average Bonchev–Trinajstić information content (AvgIpc) is 2.72. The number of thiazole rings is 1. The van der Waals surface area contributed by atoms with Gasteiger partial charge in [-0.1, -0.05) is 0 Å². The Bertz CT molecular complexity index is 420. The van der Waals surface area contributed by atoms with Crippen molar-refractivity contribution in [1.82, 2.24) is 4.98 Å². The molecular formula is C11H18N2O3S2. The van der Waals surface area contributed by atoms with Crippen molar-refractivity contribution in [3.63, 3.8) is 0 Å². The van der Waals surface area contributed by atoms with Crippen molar-refractivity contribution in [2.45, 2.75) is 25.8 Å². The van der Waals surface area contributed by atoms with E-state index in [1.807, 2.05) is 12.3 Å². The Hall–Kier alpha value is -0.950. The van der Waals surface area contributed by atoms with Gasteiger partial charge < -0.3 is 10.1 Å². The lowest BCUT2D eigenvalue weighted by molar-refractivity contribution is -0.140. The van der Waals surface area contributed by atoms with Crippen molar-refractivity contribution >= 4 is 33.2 Å². The number of rotatable bonds is 7. The third-order valence-electron chi connectivity index (χ3n) is 2.22. The summed E-state index contributed by atoms with van der Waals surface area (Å²) in [6, 6.07) is 0.121. The van der Waals surface area contributed by atoms with Gasteiger partial charge in [0.15, 0.2) is 5.13 Å². The van der Waals surface area contributed by atoms with E-state index in [0.717, 1.165) is 10.8 Å². The van der Waals surface area contributed by atoms with Gasteiger partial charge in [-0.25, -0.2) is 4.98 Å². The number of ether oxygens (including phenoxy) is 1. The molecule has 0 aliphatic carbocycles. The molecule has 0 saturated carbocycles. The van der Waals surface area contributed by atoms with E-state index in [2.05, 4.69) is 15.0 Å². The van der Waals surface area contributed by atoms with Crippen LogP contribution in [0.3, 0.4) is 0 Å². The molecule has 1 aromatic rings. The number of carbonyl (C=O) groups excluding carboxylic acids is 1. The predicted molar refractivity (Wildman–Crippen MR) is 74.5 cm³/mol. The number of aromatic nitrogens is 1. The molecule has 18 heavy (non-hydrogen) atoms. The predicted octanol–water partition coefficient (Wildman–Crippen LogP) is 1.43. The van der Waals surface area contributed by atoms with E-state index in [1.54, 1.807) is 6.26 Å². The van der Waals surface area contributed by atoms with E-state index in [4.69, 9.17) is 0 Å². The smallest absolute Gasteiger partial charge is 0.305 e. The largest absolute Gasteiger partial charge is 0.469 e. The van der Waals surface area contributed by atoms with Crippen LogP contribution in [0.5, 0.6) is 0 Å². The molecule has 0 bridgehead atoms. The van der Waals surface area contributed by atoms with Gasteiger partial charge in [0, 0.05) is 40.7 Å². The molecule has 1 aromatic heterocycles. The van der Waals surface area contributed by atoms with Crippen LogP contribution in [-0.2, 0) is 26.8 Å². The zero-order chi connectivity index (χ0) is 13.5. The number of carbonyl (C=O) groups is 1. The Kier molecular flexibility index (Phi) is 6.28. The molecule has 2 atom stereocenters. The van der Waals surface area contributed by atoms with Crippen LogP contribution < -0.4 is 5.32 Å². The lowest BCUT2D eigenvalue weighted by Gasteiger charge is -2.10. The standard InChI is InChI=1S/C11H18N2O3S2/c1-8(7-18(3)15)12-11-13-9(6-17-11)4-5-10(14)16-2/h6,8H,4-5,7H2,1-3H3,(H,12,13). The summed E-state index contributed by atoms with van der Waals surface area (Å²) in [5.41, 5.74) is 0.873. The molecule has 0 aliphatic rings. The number of nitrogens with zero attached hydrogens (tertiary/aromatic N) is 1. The summed E-state index contributed by atoms with van der Waals surface area (Å²) in [6.45, 7) is 1.97. The van der Waals surface area contributed by atoms with Gasteiger partial charge in [0.05, 0.1) is 19.2 Å². The summed E-state index contributed by atoms with van der Waals surface area (Å²) in [5, 5.41) is 5.91. The Labute approximate surface area is 113 Å².